The van der Waals surface area contributed by atoms with Gasteiger partial charge in [-0.05, 0) is 82.4 Å². The molecule has 2 saturated heterocycles. The van der Waals surface area contributed by atoms with E-state index in [2.05, 4.69) is 60.7 Å². The number of anilines is 2. The number of urea groups is 1. The van der Waals surface area contributed by atoms with Gasteiger partial charge in [-0.15, -0.1) is 0 Å². The van der Waals surface area contributed by atoms with Crippen molar-refractivity contribution in [1.29, 1.82) is 0 Å². The molecule has 5 aromatic carbocycles. The Morgan fingerprint density at radius 2 is 1.44 bits per heavy atom. The van der Waals surface area contributed by atoms with Crippen molar-refractivity contribution in [1.82, 2.24) is 20.2 Å². The number of piperazine rings is 1. The fourth-order valence-electron chi connectivity index (χ4n) is 7.22. The van der Waals surface area contributed by atoms with Crippen LogP contribution in [0.3, 0.4) is 0 Å². The summed E-state index contributed by atoms with van der Waals surface area (Å²) in [7, 11) is 0. The normalized spacial score (nSPS) is 18.5. The number of nitrogens with one attached hydrogen (secondary N) is 2. The number of amides is 2. The summed E-state index contributed by atoms with van der Waals surface area (Å²) in [6.07, 6.45) is 3.48. The predicted molar refractivity (Wildman–Crippen MR) is 220 cm³/mol. The number of aromatic nitrogens is 2. The highest BCUT2D eigenvalue weighted by molar-refractivity contribution is 5.89. The molecule has 3 heterocycles. The lowest BCUT2D eigenvalue weighted by molar-refractivity contribution is -0.253. The molecule has 290 valence electrons. The summed E-state index contributed by atoms with van der Waals surface area (Å²) in [5, 5.41) is 15.5. The van der Waals surface area contributed by atoms with Crippen molar-refractivity contribution in [2.45, 2.75) is 38.1 Å². The Labute approximate surface area is 332 Å². The molecule has 6 aromatic rings. The molecule has 0 spiro atoms. The minimum Gasteiger partial charge on any atom is -0.457 e. The maximum Gasteiger partial charge on any atom is 0.319 e. The second-order valence-electron chi connectivity index (χ2n) is 14.3. The van der Waals surface area contributed by atoms with Gasteiger partial charge in [0.1, 0.15) is 11.5 Å². The molecule has 0 saturated carbocycles. The summed E-state index contributed by atoms with van der Waals surface area (Å²) in [5.74, 6) is 2.21. The fraction of sp³-hybridized carbons (Fsp3) is 0.239. The van der Waals surface area contributed by atoms with E-state index in [9.17, 15) is 9.90 Å². The maximum absolute atomic E-state index is 12.8. The topological polar surface area (TPSA) is 121 Å². The zero-order valence-corrected chi connectivity index (χ0v) is 31.6. The van der Waals surface area contributed by atoms with E-state index in [-0.39, 0.29) is 24.8 Å². The van der Waals surface area contributed by atoms with Crippen molar-refractivity contribution in [2.75, 3.05) is 42.9 Å². The molecule has 57 heavy (non-hydrogen) atoms. The summed E-state index contributed by atoms with van der Waals surface area (Å²) < 4.78 is 19.3. The third-order valence-corrected chi connectivity index (χ3v) is 10.2. The summed E-state index contributed by atoms with van der Waals surface area (Å²) in [5.41, 5.74) is 6.54. The van der Waals surface area contributed by atoms with Crippen molar-refractivity contribution in [3.8, 4) is 22.6 Å². The Kier molecular flexibility index (Phi) is 12.1. The SMILES string of the molecule is O=C(NCc1cccc(-c2cccc([C@@H]3O[C@H](CN4CCN(c5ncccn5)CC4)C[C@H](c4ccc(CO)cc4)O3)c2)c1)Nc1ccc(Oc2ccccc2)cc1. The maximum atomic E-state index is 12.8. The molecular weight excluding hydrogens is 717 g/mol. The third-order valence-electron chi connectivity index (χ3n) is 10.2. The van der Waals surface area contributed by atoms with E-state index in [0.29, 0.717) is 24.4 Å². The average Bonchev–Trinajstić information content (AvgIpc) is 3.27. The van der Waals surface area contributed by atoms with Crippen LogP contribution < -0.4 is 20.3 Å². The molecule has 0 unspecified atom stereocenters. The van der Waals surface area contributed by atoms with Gasteiger partial charge < -0.3 is 34.9 Å². The number of ether oxygens (including phenoxy) is 3. The van der Waals surface area contributed by atoms with Gasteiger partial charge in [0, 0.05) is 69.3 Å². The number of nitrogens with zero attached hydrogens (tertiary/aromatic N) is 4. The van der Waals surface area contributed by atoms with Gasteiger partial charge in [0.05, 0.1) is 18.8 Å². The first-order valence-electron chi connectivity index (χ1n) is 19.4. The molecule has 2 amide bonds. The van der Waals surface area contributed by atoms with Crippen LogP contribution in [0.4, 0.5) is 16.4 Å². The molecule has 3 atom stereocenters. The largest absolute Gasteiger partial charge is 0.457 e. The van der Waals surface area contributed by atoms with E-state index in [1.807, 2.05) is 103 Å². The van der Waals surface area contributed by atoms with Crippen LogP contribution in [-0.2, 0) is 22.6 Å². The molecule has 2 aliphatic rings. The molecule has 11 heteroatoms. The standard InChI is InChI=1S/C46H46N6O5/c53-32-33-13-15-35(16-14-33)43-29-42(31-51-23-25-52(26-24-51)45-47-21-6-22-48-45)56-44(57-43)38-10-5-9-37(28-38)36-8-4-7-34(27-36)30-49-46(54)50-39-17-19-41(20-18-39)55-40-11-2-1-3-12-40/h1-22,27-28,42-44,53H,23-26,29-32H2,(H2,49,50,54)/t42-,43+,44+/m0/s1. The highest BCUT2D eigenvalue weighted by Crippen LogP contribution is 2.39. The molecule has 3 N–H and O–H groups in total. The summed E-state index contributed by atoms with van der Waals surface area (Å²) in [6, 6.07) is 42.8. The molecular formula is C46H46N6O5. The first-order chi connectivity index (χ1) is 28.0. The minimum absolute atomic E-state index is 0.00208. The van der Waals surface area contributed by atoms with Crippen molar-refractivity contribution in [2.24, 2.45) is 0 Å². The van der Waals surface area contributed by atoms with E-state index >= 15 is 0 Å². The minimum atomic E-state index is -0.572. The van der Waals surface area contributed by atoms with Gasteiger partial charge in [-0.2, -0.15) is 0 Å². The molecule has 0 bridgehead atoms. The van der Waals surface area contributed by atoms with E-state index < -0.39 is 6.29 Å². The summed E-state index contributed by atoms with van der Waals surface area (Å²) >= 11 is 0. The highest BCUT2D eigenvalue weighted by Gasteiger charge is 2.34. The smallest absolute Gasteiger partial charge is 0.319 e. The number of carbonyl (C=O) groups excluding carboxylic acids is 1. The molecule has 0 radical (unpaired) electrons. The van der Waals surface area contributed by atoms with Gasteiger partial charge in [0.25, 0.3) is 0 Å². The third kappa shape index (κ3) is 10.0. The second-order valence-corrected chi connectivity index (χ2v) is 14.3. The first kappa shape index (κ1) is 37.8. The van der Waals surface area contributed by atoms with E-state index in [1.165, 1.54) is 0 Å². The van der Waals surface area contributed by atoms with Gasteiger partial charge >= 0.3 is 6.03 Å². The Balaban J connectivity index is 0.911. The number of rotatable bonds is 12. The van der Waals surface area contributed by atoms with Crippen molar-refractivity contribution >= 4 is 17.7 Å². The highest BCUT2D eigenvalue weighted by atomic mass is 16.7. The molecule has 8 rings (SSSR count). The second kappa shape index (κ2) is 18.2. The van der Waals surface area contributed by atoms with Gasteiger partial charge in [-0.1, -0.05) is 78.9 Å². The lowest BCUT2D eigenvalue weighted by atomic mass is 9.98. The lowest BCUT2D eigenvalue weighted by Gasteiger charge is -2.40. The number of benzene rings is 5. The van der Waals surface area contributed by atoms with Crippen LogP contribution in [0.25, 0.3) is 11.1 Å². The van der Waals surface area contributed by atoms with Crippen LogP contribution in [0, 0.1) is 0 Å². The molecule has 2 fully saturated rings. The van der Waals surface area contributed by atoms with Crippen LogP contribution in [0.5, 0.6) is 11.5 Å². The Bertz CT molecular complexity index is 2200. The Hall–Kier alpha value is -6.11. The number of aliphatic hydroxyl groups is 1. The lowest BCUT2D eigenvalue weighted by Crippen LogP contribution is -2.50. The molecule has 11 nitrogen and oxygen atoms in total. The number of hydrogen-bond acceptors (Lipinski definition) is 9. The van der Waals surface area contributed by atoms with E-state index in [4.69, 9.17) is 14.2 Å². The molecule has 1 aromatic heterocycles. The quantitative estimate of drug-likeness (QED) is 0.114. The summed E-state index contributed by atoms with van der Waals surface area (Å²) in [6.45, 7) is 4.61. The Morgan fingerprint density at radius 3 is 2.19 bits per heavy atom. The van der Waals surface area contributed by atoms with E-state index in [0.717, 1.165) is 77.8 Å². The number of hydrogen-bond donors (Lipinski definition) is 3. The number of aliphatic hydroxyl groups excluding tert-OH is 1. The van der Waals surface area contributed by atoms with Gasteiger partial charge in [0.2, 0.25) is 5.95 Å². The monoisotopic (exact) mass is 762 g/mol. The summed E-state index contributed by atoms with van der Waals surface area (Å²) in [4.78, 5) is 26.4. The zero-order valence-electron chi connectivity index (χ0n) is 31.6. The first-order valence-corrected chi connectivity index (χ1v) is 19.4. The van der Waals surface area contributed by atoms with Gasteiger partial charge in [0.15, 0.2) is 6.29 Å². The zero-order chi connectivity index (χ0) is 38.8. The van der Waals surface area contributed by atoms with Crippen LogP contribution in [0.2, 0.25) is 0 Å². The van der Waals surface area contributed by atoms with Crippen LogP contribution >= 0.6 is 0 Å². The van der Waals surface area contributed by atoms with Gasteiger partial charge in [-0.3, -0.25) is 4.90 Å². The number of carbonyl (C=O) groups is 1. The predicted octanol–water partition coefficient (Wildman–Crippen LogP) is 8.12. The fourth-order valence-corrected chi connectivity index (χ4v) is 7.22. The van der Waals surface area contributed by atoms with Crippen molar-refractivity contribution in [3.05, 3.63) is 168 Å². The van der Waals surface area contributed by atoms with Crippen molar-refractivity contribution < 1.29 is 24.1 Å². The molecule has 0 aliphatic carbocycles. The van der Waals surface area contributed by atoms with Crippen LogP contribution in [0.15, 0.2) is 146 Å². The van der Waals surface area contributed by atoms with Crippen molar-refractivity contribution in [3.63, 3.8) is 0 Å². The van der Waals surface area contributed by atoms with Crippen LogP contribution in [-0.4, -0.2) is 64.8 Å². The van der Waals surface area contributed by atoms with Crippen LogP contribution in [0.1, 0.15) is 41.1 Å². The van der Waals surface area contributed by atoms with Gasteiger partial charge in [-0.25, -0.2) is 14.8 Å². The van der Waals surface area contributed by atoms with E-state index in [1.54, 1.807) is 12.4 Å². The molecule has 2 aliphatic heterocycles. The average molecular weight is 763 g/mol. The Morgan fingerprint density at radius 1 is 0.719 bits per heavy atom. The number of para-hydroxylation sites is 1.